The summed E-state index contributed by atoms with van der Waals surface area (Å²) in [7, 11) is 0. The molecule has 3 rings (SSSR count). The van der Waals surface area contributed by atoms with E-state index in [1.54, 1.807) is 13.8 Å². The molecule has 7 unspecified atom stereocenters. The Morgan fingerprint density at radius 1 is 1.07 bits per heavy atom. The number of ether oxygens (including phenoxy) is 4. The van der Waals surface area contributed by atoms with Gasteiger partial charge in [0.2, 0.25) is 0 Å². The maximum Gasteiger partial charge on any atom is 0.251 e. The van der Waals surface area contributed by atoms with Crippen LogP contribution in [0, 0.1) is 5.92 Å². The summed E-state index contributed by atoms with van der Waals surface area (Å²) in [5.41, 5.74) is 16.7. The Morgan fingerprint density at radius 2 is 1.74 bits per heavy atom. The van der Waals surface area contributed by atoms with Crippen LogP contribution in [0.15, 0.2) is 0 Å². The first kappa shape index (κ1) is 35.4. The molecule has 0 aromatic rings. The summed E-state index contributed by atoms with van der Waals surface area (Å²) in [5, 5.41) is 68.0. The maximum absolute atomic E-state index is 12.7. The van der Waals surface area contributed by atoms with Gasteiger partial charge in [-0.3, -0.25) is 4.79 Å². The molecule has 2 aliphatic heterocycles. The fourth-order valence-corrected chi connectivity index (χ4v) is 5.43. The van der Waals surface area contributed by atoms with Crippen LogP contribution in [0.3, 0.4) is 0 Å². The second kappa shape index (κ2) is 15.3. The Labute approximate surface area is 245 Å². The van der Waals surface area contributed by atoms with E-state index >= 15 is 0 Å². The molecule has 16 nitrogen and oxygen atoms in total. The highest BCUT2D eigenvalue weighted by molar-refractivity contribution is 5.81. The van der Waals surface area contributed by atoms with Gasteiger partial charge in [-0.1, -0.05) is 6.92 Å². The van der Waals surface area contributed by atoms with Gasteiger partial charge in [0.25, 0.3) is 5.91 Å². The Morgan fingerprint density at radius 3 is 2.38 bits per heavy atom. The highest BCUT2D eigenvalue weighted by atomic mass is 16.7. The van der Waals surface area contributed by atoms with E-state index in [1.165, 1.54) is 6.92 Å². The smallest absolute Gasteiger partial charge is 0.251 e. The minimum atomic E-state index is -1.85. The summed E-state index contributed by atoms with van der Waals surface area (Å²) in [6.07, 6.45) is -10.3. The van der Waals surface area contributed by atoms with Crippen LogP contribution < -0.4 is 27.8 Å². The van der Waals surface area contributed by atoms with Gasteiger partial charge in [0.15, 0.2) is 18.7 Å². The molecule has 16 heteroatoms. The van der Waals surface area contributed by atoms with Crippen molar-refractivity contribution in [3.63, 3.8) is 0 Å². The van der Waals surface area contributed by atoms with Gasteiger partial charge >= 0.3 is 0 Å². The van der Waals surface area contributed by atoms with Gasteiger partial charge < -0.3 is 77.4 Å². The zero-order valence-corrected chi connectivity index (χ0v) is 24.5. The van der Waals surface area contributed by atoms with E-state index in [4.69, 9.17) is 36.1 Å². The van der Waals surface area contributed by atoms with E-state index in [1.807, 2.05) is 0 Å². The number of hydrogen-bond donors (Lipinski definition) is 11. The molecular formula is C26H51N5O11. The van der Waals surface area contributed by atoms with Crippen LogP contribution in [0.2, 0.25) is 0 Å². The molecule has 0 spiro atoms. The minimum absolute atomic E-state index is 0.000980. The average Bonchev–Trinajstić information content (AvgIpc) is 2.93. The number of amides is 1. The number of nitrogens with two attached hydrogens (primary N) is 3. The van der Waals surface area contributed by atoms with Gasteiger partial charge in [-0.2, -0.15) is 0 Å². The number of carbonyl (C=O) groups excluding carboxylic acids is 1. The number of carbonyl (C=O) groups is 1. The molecule has 0 aromatic heterocycles. The van der Waals surface area contributed by atoms with Crippen molar-refractivity contribution in [3.05, 3.63) is 0 Å². The Kier molecular flexibility index (Phi) is 12.9. The summed E-state index contributed by atoms with van der Waals surface area (Å²) in [5.74, 6) is -1.62. The largest absolute Gasteiger partial charge is 0.392 e. The molecule has 0 aromatic carbocycles. The number of hydrogen-bond acceptors (Lipinski definition) is 15. The maximum atomic E-state index is 12.7. The van der Waals surface area contributed by atoms with Crippen LogP contribution in [0.5, 0.6) is 0 Å². The summed E-state index contributed by atoms with van der Waals surface area (Å²) in [6.45, 7) is 5.12. The lowest BCUT2D eigenvalue weighted by atomic mass is 9.82. The van der Waals surface area contributed by atoms with E-state index in [0.29, 0.717) is 25.9 Å². The first-order valence-electron chi connectivity index (χ1n) is 14.6. The SMILES string of the molecule is CC(O)CNC[C@@H]1CCC(N)[C@@H](OC2C(O)C(O[C@H]3OCC(C)(O)[C@H](C)C3O)[C@H](NC(=O)[C@@H](O)[C@@H](O)CN)C[C@@H]2N)O1. The molecule has 14 N–H and O–H groups in total. The number of aliphatic hydroxyl groups is 6. The Balaban J connectivity index is 1.77. The summed E-state index contributed by atoms with van der Waals surface area (Å²) < 4.78 is 23.8. The predicted octanol–water partition coefficient (Wildman–Crippen LogP) is -5.08. The topological polar surface area (TPSA) is 277 Å². The fourth-order valence-electron chi connectivity index (χ4n) is 5.43. The average molecular weight is 610 g/mol. The fraction of sp³-hybridized carbons (Fsp3) is 0.962. The van der Waals surface area contributed by atoms with Crippen LogP contribution in [0.4, 0.5) is 0 Å². The normalized spacial score (nSPS) is 43.4. The van der Waals surface area contributed by atoms with Gasteiger partial charge in [-0.15, -0.1) is 0 Å². The van der Waals surface area contributed by atoms with Crippen LogP contribution >= 0.6 is 0 Å². The summed E-state index contributed by atoms with van der Waals surface area (Å²) >= 11 is 0. The number of nitrogens with one attached hydrogen (secondary N) is 2. The lowest BCUT2D eigenvalue weighted by Gasteiger charge is -2.48. The standard InChI is InChI=1S/C26H51N5O11/c1-11(32)8-30-9-13-4-5-14(28)24(40-13)41-21-15(29)6-16(31-23(37)19(35)17(33)7-27)22(20(21)36)42-25-18(34)12(2)26(3,38)10-39-25/h11-22,24-25,30,32-36,38H,4-10,27-29H2,1-3H3,(H,31,37)/t11?,12-,13+,14?,15+,16-,17+,18?,19+,20?,21?,22?,24-,25-,26?/m1/s1. The lowest BCUT2D eigenvalue weighted by molar-refractivity contribution is -0.314. The third-order valence-corrected chi connectivity index (χ3v) is 8.42. The Hall–Kier alpha value is -1.09. The van der Waals surface area contributed by atoms with Crippen molar-refractivity contribution in [1.29, 1.82) is 0 Å². The predicted molar refractivity (Wildman–Crippen MR) is 147 cm³/mol. The van der Waals surface area contributed by atoms with Gasteiger partial charge in [0.1, 0.15) is 30.5 Å². The van der Waals surface area contributed by atoms with E-state index in [2.05, 4.69) is 10.6 Å². The molecule has 15 atom stereocenters. The van der Waals surface area contributed by atoms with Crippen LogP contribution in [0.25, 0.3) is 0 Å². The van der Waals surface area contributed by atoms with Crippen LogP contribution in [-0.4, -0.2) is 148 Å². The molecule has 1 aliphatic carbocycles. The van der Waals surface area contributed by atoms with Crippen molar-refractivity contribution in [3.8, 4) is 0 Å². The van der Waals surface area contributed by atoms with E-state index < -0.39 is 90.9 Å². The third-order valence-electron chi connectivity index (χ3n) is 8.42. The van der Waals surface area contributed by atoms with Crippen molar-refractivity contribution >= 4 is 5.91 Å². The first-order chi connectivity index (χ1) is 19.7. The molecule has 42 heavy (non-hydrogen) atoms. The monoisotopic (exact) mass is 609 g/mol. The molecule has 2 heterocycles. The van der Waals surface area contributed by atoms with E-state index in [0.717, 1.165) is 0 Å². The van der Waals surface area contributed by atoms with Gasteiger partial charge in [0, 0.05) is 31.6 Å². The zero-order chi connectivity index (χ0) is 31.4. The molecule has 3 fully saturated rings. The van der Waals surface area contributed by atoms with Crippen molar-refractivity contribution in [2.45, 2.75) is 125 Å². The summed E-state index contributed by atoms with van der Waals surface area (Å²) in [4.78, 5) is 12.7. The van der Waals surface area contributed by atoms with Crippen molar-refractivity contribution in [2.24, 2.45) is 23.1 Å². The van der Waals surface area contributed by atoms with Crippen molar-refractivity contribution < 1.29 is 54.4 Å². The lowest BCUT2D eigenvalue weighted by Crippen LogP contribution is -2.68. The number of rotatable bonds is 12. The third kappa shape index (κ3) is 8.76. The number of aliphatic hydroxyl groups excluding tert-OH is 5. The molecule has 3 aliphatic rings. The highest BCUT2D eigenvalue weighted by Crippen LogP contribution is 2.34. The quantitative estimate of drug-likeness (QED) is 0.0987. The van der Waals surface area contributed by atoms with Crippen molar-refractivity contribution in [1.82, 2.24) is 10.6 Å². The van der Waals surface area contributed by atoms with Crippen LogP contribution in [0.1, 0.15) is 40.0 Å². The van der Waals surface area contributed by atoms with Crippen LogP contribution in [-0.2, 0) is 23.7 Å². The minimum Gasteiger partial charge on any atom is -0.392 e. The molecular weight excluding hydrogens is 558 g/mol. The zero-order valence-electron chi connectivity index (χ0n) is 24.5. The second-order valence-corrected chi connectivity index (χ2v) is 12.1. The molecule has 1 amide bonds. The second-order valence-electron chi connectivity index (χ2n) is 12.1. The van der Waals surface area contributed by atoms with E-state index in [9.17, 15) is 35.4 Å². The van der Waals surface area contributed by atoms with Crippen molar-refractivity contribution in [2.75, 3.05) is 26.2 Å². The van der Waals surface area contributed by atoms with E-state index in [-0.39, 0.29) is 25.7 Å². The first-order valence-corrected chi connectivity index (χ1v) is 14.6. The van der Waals surface area contributed by atoms with Gasteiger partial charge in [0.05, 0.1) is 36.5 Å². The molecule has 246 valence electrons. The molecule has 1 saturated carbocycles. The Bertz CT molecular complexity index is 857. The van der Waals surface area contributed by atoms with Gasteiger partial charge in [-0.05, 0) is 33.1 Å². The molecule has 2 saturated heterocycles. The highest BCUT2D eigenvalue weighted by Gasteiger charge is 2.51. The molecule has 0 bridgehead atoms. The summed E-state index contributed by atoms with van der Waals surface area (Å²) in [6, 6.07) is -2.38. The molecule has 0 radical (unpaired) electrons. The van der Waals surface area contributed by atoms with Gasteiger partial charge in [-0.25, -0.2) is 0 Å².